The number of hydrogen-bond acceptors (Lipinski definition) is 5. The lowest BCUT2D eigenvalue weighted by molar-refractivity contribution is -0.124. The lowest BCUT2D eigenvalue weighted by atomic mass is 10.1. The van der Waals surface area contributed by atoms with Gasteiger partial charge in [-0.05, 0) is 49.2 Å². The van der Waals surface area contributed by atoms with Crippen molar-refractivity contribution in [2.45, 2.75) is 31.7 Å². The van der Waals surface area contributed by atoms with E-state index >= 15 is 0 Å². The Labute approximate surface area is 193 Å². The molecule has 3 rings (SSSR count). The number of aryl methyl sites for hydroxylation is 2. The fourth-order valence-corrected chi connectivity index (χ4v) is 4.56. The zero-order valence-corrected chi connectivity index (χ0v) is 19.4. The molecule has 0 spiro atoms. The van der Waals surface area contributed by atoms with Gasteiger partial charge in [0.15, 0.2) is 0 Å². The number of sulfonamides is 1. The average Bonchev–Trinajstić information content (AvgIpc) is 3.31. The largest absolute Gasteiger partial charge is 0.468 e. The van der Waals surface area contributed by atoms with Gasteiger partial charge in [-0.2, -0.15) is 4.31 Å². The highest BCUT2D eigenvalue weighted by atomic mass is 32.2. The molecule has 0 saturated heterocycles. The molecule has 33 heavy (non-hydrogen) atoms. The van der Waals surface area contributed by atoms with E-state index in [1.807, 2.05) is 32.0 Å². The Morgan fingerprint density at radius 1 is 0.970 bits per heavy atom. The summed E-state index contributed by atoms with van der Waals surface area (Å²) in [6, 6.07) is 17.1. The Hall–Kier alpha value is -3.43. The van der Waals surface area contributed by atoms with Crippen LogP contribution in [0.15, 0.2) is 76.2 Å². The van der Waals surface area contributed by atoms with E-state index in [1.54, 1.807) is 30.3 Å². The van der Waals surface area contributed by atoms with Gasteiger partial charge in [0.25, 0.3) is 0 Å². The molecule has 0 bridgehead atoms. The van der Waals surface area contributed by atoms with Crippen LogP contribution >= 0.6 is 0 Å². The monoisotopic (exact) mass is 469 g/mol. The molecule has 9 heteroatoms. The number of nitrogens with zero attached hydrogens (tertiary/aromatic N) is 1. The minimum atomic E-state index is -3.97. The van der Waals surface area contributed by atoms with Crippen LogP contribution in [0.4, 0.5) is 5.69 Å². The molecule has 2 N–H and O–H groups in total. The molecule has 0 radical (unpaired) electrons. The van der Waals surface area contributed by atoms with Crippen LogP contribution in [0, 0.1) is 6.92 Å². The Kier molecular flexibility index (Phi) is 8.02. The Bertz CT molecular complexity index is 1190. The normalized spacial score (nSPS) is 11.4. The Morgan fingerprint density at radius 2 is 1.70 bits per heavy atom. The van der Waals surface area contributed by atoms with Crippen LogP contribution in [0.2, 0.25) is 0 Å². The summed E-state index contributed by atoms with van der Waals surface area (Å²) in [6.07, 6.45) is 2.19. The van der Waals surface area contributed by atoms with Gasteiger partial charge < -0.3 is 15.1 Å². The van der Waals surface area contributed by atoms with Crippen molar-refractivity contribution in [1.82, 2.24) is 9.62 Å². The first-order chi connectivity index (χ1) is 15.8. The molecule has 3 aromatic rings. The fourth-order valence-electron chi connectivity index (χ4n) is 3.20. The van der Waals surface area contributed by atoms with Crippen molar-refractivity contribution in [1.29, 1.82) is 0 Å². The average molecular weight is 470 g/mol. The van der Waals surface area contributed by atoms with E-state index in [-0.39, 0.29) is 18.0 Å². The van der Waals surface area contributed by atoms with Crippen LogP contribution in [0.1, 0.15) is 23.8 Å². The molecule has 0 aliphatic heterocycles. The summed E-state index contributed by atoms with van der Waals surface area (Å²) in [5, 5.41) is 5.26. The highest BCUT2D eigenvalue weighted by Gasteiger charge is 2.27. The summed E-state index contributed by atoms with van der Waals surface area (Å²) in [5.41, 5.74) is 2.58. The summed E-state index contributed by atoms with van der Waals surface area (Å²) in [4.78, 5) is 24.9. The topological polar surface area (TPSA) is 109 Å². The van der Waals surface area contributed by atoms with Crippen molar-refractivity contribution in [3.63, 3.8) is 0 Å². The zero-order chi connectivity index (χ0) is 23.8. The molecule has 174 valence electrons. The zero-order valence-electron chi connectivity index (χ0n) is 18.6. The number of hydrogen-bond donors (Lipinski definition) is 2. The van der Waals surface area contributed by atoms with E-state index in [4.69, 9.17) is 4.42 Å². The second-order valence-corrected chi connectivity index (χ2v) is 9.44. The van der Waals surface area contributed by atoms with Crippen molar-refractivity contribution >= 4 is 27.5 Å². The third kappa shape index (κ3) is 6.53. The van der Waals surface area contributed by atoms with Crippen LogP contribution < -0.4 is 10.6 Å². The van der Waals surface area contributed by atoms with Crippen LogP contribution in [0.3, 0.4) is 0 Å². The maximum absolute atomic E-state index is 13.2. The number of rotatable bonds is 10. The second kappa shape index (κ2) is 10.9. The highest BCUT2D eigenvalue weighted by Crippen LogP contribution is 2.19. The van der Waals surface area contributed by atoms with E-state index in [2.05, 4.69) is 10.6 Å². The predicted molar refractivity (Wildman–Crippen MR) is 125 cm³/mol. The summed E-state index contributed by atoms with van der Waals surface area (Å²) in [5.74, 6) is -0.605. The summed E-state index contributed by atoms with van der Waals surface area (Å²) in [6.45, 7) is 2.97. The van der Waals surface area contributed by atoms with Crippen molar-refractivity contribution < 1.29 is 22.4 Å². The van der Waals surface area contributed by atoms with Gasteiger partial charge in [0, 0.05) is 5.69 Å². The Morgan fingerprint density at radius 3 is 2.36 bits per heavy atom. The highest BCUT2D eigenvalue weighted by molar-refractivity contribution is 7.89. The summed E-state index contributed by atoms with van der Waals surface area (Å²) in [7, 11) is -3.97. The minimum Gasteiger partial charge on any atom is -0.468 e. The molecule has 8 nitrogen and oxygen atoms in total. The summed E-state index contributed by atoms with van der Waals surface area (Å²) < 4.78 is 32.7. The fraction of sp³-hybridized carbons (Fsp3) is 0.250. The van der Waals surface area contributed by atoms with Gasteiger partial charge in [-0.3, -0.25) is 9.59 Å². The number of benzene rings is 2. The molecule has 0 atom stereocenters. The van der Waals surface area contributed by atoms with Gasteiger partial charge in [-0.15, -0.1) is 0 Å². The van der Waals surface area contributed by atoms with E-state index in [0.717, 1.165) is 21.9 Å². The maximum Gasteiger partial charge on any atom is 0.243 e. The van der Waals surface area contributed by atoms with E-state index in [0.29, 0.717) is 11.4 Å². The second-order valence-electron chi connectivity index (χ2n) is 7.50. The smallest absolute Gasteiger partial charge is 0.243 e. The Balaban J connectivity index is 1.67. The molecule has 0 aliphatic carbocycles. The molecule has 0 aliphatic rings. The molecular formula is C24H27N3O5S. The first kappa shape index (κ1) is 24.2. The molecule has 2 amide bonds. The molecule has 1 heterocycles. The lowest BCUT2D eigenvalue weighted by Crippen LogP contribution is -2.42. The third-order valence-corrected chi connectivity index (χ3v) is 6.82. The van der Waals surface area contributed by atoms with Crippen molar-refractivity contribution in [3.05, 3.63) is 83.8 Å². The van der Waals surface area contributed by atoms with Gasteiger partial charge in [0.05, 0.1) is 30.8 Å². The first-order valence-electron chi connectivity index (χ1n) is 10.5. The van der Waals surface area contributed by atoms with E-state index < -0.39 is 28.4 Å². The molecule has 0 unspecified atom stereocenters. The van der Waals surface area contributed by atoms with Gasteiger partial charge >= 0.3 is 0 Å². The minimum absolute atomic E-state index is 0.0707. The van der Waals surface area contributed by atoms with Crippen LogP contribution in [0.25, 0.3) is 0 Å². The quantitative estimate of drug-likeness (QED) is 0.474. The van der Waals surface area contributed by atoms with Gasteiger partial charge in [0.1, 0.15) is 5.76 Å². The number of furan rings is 1. The maximum atomic E-state index is 13.2. The van der Waals surface area contributed by atoms with Gasteiger partial charge in [0.2, 0.25) is 21.8 Å². The number of carbonyl (C=O) groups is 2. The van der Waals surface area contributed by atoms with Crippen molar-refractivity contribution in [2.75, 3.05) is 18.4 Å². The van der Waals surface area contributed by atoms with Crippen LogP contribution in [-0.2, 0) is 32.6 Å². The van der Waals surface area contributed by atoms with E-state index in [9.17, 15) is 18.0 Å². The molecule has 1 aromatic heterocycles. The number of amides is 2. The van der Waals surface area contributed by atoms with Crippen molar-refractivity contribution in [2.24, 2.45) is 0 Å². The number of carbonyl (C=O) groups excluding carboxylic acids is 2. The standard InChI is InChI=1S/C24H27N3O5S/c1-3-19-7-4-5-9-22(19)26-23(28)15-25-24(29)17-27(16-20-8-6-14-32-20)33(30,31)21-12-10-18(2)11-13-21/h4-14H,3,15-17H2,1-2H3,(H,25,29)(H,26,28). The van der Waals surface area contributed by atoms with E-state index in [1.165, 1.54) is 18.4 Å². The lowest BCUT2D eigenvalue weighted by Gasteiger charge is -2.21. The molecule has 0 fully saturated rings. The molecule has 0 saturated carbocycles. The predicted octanol–water partition coefficient (Wildman–Crippen LogP) is 3.10. The first-order valence-corrected chi connectivity index (χ1v) is 12.0. The molecule has 2 aromatic carbocycles. The third-order valence-electron chi connectivity index (χ3n) is 5.01. The van der Waals surface area contributed by atoms with Crippen LogP contribution in [-0.4, -0.2) is 37.6 Å². The van der Waals surface area contributed by atoms with Gasteiger partial charge in [-0.1, -0.05) is 42.8 Å². The van der Waals surface area contributed by atoms with Crippen LogP contribution in [0.5, 0.6) is 0 Å². The SMILES string of the molecule is CCc1ccccc1NC(=O)CNC(=O)CN(Cc1ccco1)S(=O)(=O)c1ccc(C)cc1. The number of para-hydroxylation sites is 1. The number of anilines is 1. The number of nitrogens with one attached hydrogen (secondary N) is 2. The summed E-state index contributed by atoms with van der Waals surface area (Å²) >= 11 is 0. The molecular weight excluding hydrogens is 442 g/mol. The van der Waals surface area contributed by atoms with Gasteiger partial charge in [-0.25, -0.2) is 8.42 Å². The van der Waals surface area contributed by atoms with Crippen molar-refractivity contribution in [3.8, 4) is 0 Å².